The highest BCUT2D eigenvalue weighted by atomic mass is 15.2. The summed E-state index contributed by atoms with van der Waals surface area (Å²) in [4.78, 5) is 4.81. The van der Waals surface area contributed by atoms with Gasteiger partial charge in [-0.15, -0.1) is 0 Å². The summed E-state index contributed by atoms with van der Waals surface area (Å²) in [6.07, 6.45) is 2.76. The predicted octanol–water partition coefficient (Wildman–Crippen LogP) is 0.870. The topological polar surface area (TPSA) is 18.5 Å². The van der Waals surface area contributed by atoms with Gasteiger partial charge in [-0.05, 0) is 33.0 Å². The van der Waals surface area contributed by atoms with Gasteiger partial charge in [0.1, 0.15) is 0 Å². The molecular formula is C12H27N3. The monoisotopic (exact) mass is 213 g/mol. The van der Waals surface area contributed by atoms with Crippen LogP contribution in [-0.2, 0) is 0 Å². The van der Waals surface area contributed by atoms with Crippen molar-refractivity contribution in [1.29, 1.82) is 0 Å². The van der Waals surface area contributed by atoms with Gasteiger partial charge in [0.05, 0.1) is 0 Å². The lowest BCUT2D eigenvalue weighted by Crippen LogP contribution is -2.34. The molecule has 3 nitrogen and oxygen atoms in total. The lowest BCUT2D eigenvalue weighted by molar-refractivity contribution is 0.315. The van der Waals surface area contributed by atoms with Gasteiger partial charge in [-0.1, -0.05) is 13.3 Å². The molecule has 1 N–H and O–H groups in total. The molecular weight excluding hydrogens is 186 g/mol. The van der Waals surface area contributed by atoms with Crippen molar-refractivity contribution in [1.82, 2.24) is 15.1 Å². The van der Waals surface area contributed by atoms with Crippen molar-refractivity contribution >= 4 is 0 Å². The van der Waals surface area contributed by atoms with E-state index in [2.05, 4.69) is 36.1 Å². The minimum atomic E-state index is 0.965. The van der Waals surface area contributed by atoms with E-state index in [9.17, 15) is 0 Å². The smallest absolute Gasteiger partial charge is 0.0107 e. The molecule has 1 fully saturated rings. The summed E-state index contributed by atoms with van der Waals surface area (Å²) in [6, 6.07) is 0. The van der Waals surface area contributed by atoms with Crippen LogP contribution in [0.15, 0.2) is 0 Å². The van der Waals surface area contributed by atoms with Gasteiger partial charge in [0.25, 0.3) is 0 Å². The van der Waals surface area contributed by atoms with E-state index in [0.717, 1.165) is 25.6 Å². The van der Waals surface area contributed by atoms with Crippen LogP contribution in [0.4, 0.5) is 0 Å². The first kappa shape index (κ1) is 12.9. The Bertz CT molecular complexity index is 159. The molecule has 1 saturated heterocycles. The van der Waals surface area contributed by atoms with Crippen molar-refractivity contribution in [2.45, 2.75) is 19.8 Å². The lowest BCUT2D eigenvalue weighted by Gasteiger charge is -2.16. The van der Waals surface area contributed by atoms with Crippen LogP contribution in [0.1, 0.15) is 19.8 Å². The zero-order chi connectivity index (χ0) is 11.1. The van der Waals surface area contributed by atoms with Gasteiger partial charge >= 0.3 is 0 Å². The Kier molecular flexibility index (Phi) is 6.22. The summed E-state index contributed by atoms with van der Waals surface area (Å²) in [5, 5.41) is 3.49. The standard InChI is InChI=1S/C12H27N3/c1-4-12-5-8-15(11-12)10-7-13-6-9-14(2)3/h12-13H,4-11H2,1-3H3. The van der Waals surface area contributed by atoms with E-state index in [1.165, 1.54) is 32.5 Å². The van der Waals surface area contributed by atoms with Crippen molar-refractivity contribution < 1.29 is 0 Å². The van der Waals surface area contributed by atoms with Crippen LogP contribution in [0.2, 0.25) is 0 Å². The first-order chi connectivity index (χ1) is 7.22. The average molecular weight is 213 g/mol. The largest absolute Gasteiger partial charge is 0.314 e. The second-order valence-corrected chi connectivity index (χ2v) is 4.92. The second-order valence-electron chi connectivity index (χ2n) is 4.92. The maximum Gasteiger partial charge on any atom is 0.0107 e. The first-order valence-electron chi connectivity index (χ1n) is 6.30. The molecule has 90 valence electrons. The Hall–Kier alpha value is -0.120. The second kappa shape index (κ2) is 7.20. The molecule has 0 aromatic carbocycles. The Balaban J connectivity index is 1.92. The van der Waals surface area contributed by atoms with Crippen LogP contribution in [0.25, 0.3) is 0 Å². The van der Waals surface area contributed by atoms with Gasteiger partial charge < -0.3 is 15.1 Å². The zero-order valence-corrected chi connectivity index (χ0v) is 10.6. The third-order valence-corrected chi connectivity index (χ3v) is 3.29. The van der Waals surface area contributed by atoms with Crippen LogP contribution in [-0.4, -0.2) is 63.2 Å². The van der Waals surface area contributed by atoms with Crippen molar-refractivity contribution in [2.24, 2.45) is 5.92 Å². The number of hydrogen-bond acceptors (Lipinski definition) is 3. The van der Waals surface area contributed by atoms with E-state index in [0.29, 0.717) is 0 Å². The van der Waals surface area contributed by atoms with Crippen LogP contribution in [0.5, 0.6) is 0 Å². The van der Waals surface area contributed by atoms with Gasteiger partial charge in [-0.3, -0.25) is 0 Å². The maximum atomic E-state index is 3.49. The molecule has 1 unspecified atom stereocenters. The van der Waals surface area contributed by atoms with Gasteiger partial charge in [0.2, 0.25) is 0 Å². The highest BCUT2D eigenvalue weighted by Crippen LogP contribution is 2.17. The molecule has 0 spiro atoms. The highest BCUT2D eigenvalue weighted by Gasteiger charge is 2.19. The first-order valence-corrected chi connectivity index (χ1v) is 6.30. The third kappa shape index (κ3) is 5.50. The van der Waals surface area contributed by atoms with Crippen LogP contribution >= 0.6 is 0 Å². The van der Waals surface area contributed by atoms with E-state index >= 15 is 0 Å². The minimum Gasteiger partial charge on any atom is -0.314 e. The Morgan fingerprint density at radius 2 is 2.13 bits per heavy atom. The molecule has 0 saturated carbocycles. The fourth-order valence-corrected chi connectivity index (χ4v) is 2.11. The van der Waals surface area contributed by atoms with E-state index in [1.54, 1.807) is 0 Å². The number of rotatable bonds is 7. The van der Waals surface area contributed by atoms with Gasteiger partial charge in [-0.2, -0.15) is 0 Å². The Labute approximate surface area is 94.8 Å². The van der Waals surface area contributed by atoms with Crippen molar-refractivity contribution in [3.63, 3.8) is 0 Å². The molecule has 0 radical (unpaired) electrons. The van der Waals surface area contributed by atoms with Gasteiger partial charge in [0.15, 0.2) is 0 Å². The van der Waals surface area contributed by atoms with Crippen LogP contribution in [0, 0.1) is 5.92 Å². The highest BCUT2D eigenvalue weighted by molar-refractivity contribution is 4.74. The van der Waals surface area contributed by atoms with Gasteiger partial charge in [0, 0.05) is 32.7 Å². The quantitative estimate of drug-likeness (QED) is 0.633. The lowest BCUT2D eigenvalue weighted by atomic mass is 10.1. The predicted molar refractivity (Wildman–Crippen MR) is 66.3 cm³/mol. The van der Waals surface area contributed by atoms with E-state index < -0.39 is 0 Å². The van der Waals surface area contributed by atoms with Gasteiger partial charge in [-0.25, -0.2) is 0 Å². The molecule has 15 heavy (non-hydrogen) atoms. The molecule has 3 heteroatoms. The van der Waals surface area contributed by atoms with Crippen LogP contribution in [0.3, 0.4) is 0 Å². The summed E-state index contributed by atoms with van der Waals surface area (Å²) in [6.45, 7) is 9.56. The molecule has 1 aliphatic rings. The summed E-state index contributed by atoms with van der Waals surface area (Å²) in [7, 11) is 4.24. The summed E-state index contributed by atoms with van der Waals surface area (Å²) in [5.74, 6) is 0.965. The minimum absolute atomic E-state index is 0.965. The number of nitrogens with zero attached hydrogens (tertiary/aromatic N) is 2. The summed E-state index contributed by atoms with van der Waals surface area (Å²) >= 11 is 0. The number of likely N-dealkylation sites (N-methyl/N-ethyl adjacent to an activating group) is 1. The maximum absolute atomic E-state index is 3.49. The molecule has 0 bridgehead atoms. The molecule has 1 aliphatic heterocycles. The Morgan fingerprint density at radius 1 is 1.33 bits per heavy atom. The fourth-order valence-electron chi connectivity index (χ4n) is 2.11. The summed E-state index contributed by atoms with van der Waals surface area (Å²) < 4.78 is 0. The van der Waals surface area contributed by atoms with Crippen molar-refractivity contribution in [2.75, 3.05) is 53.4 Å². The average Bonchev–Trinajstić information content (AvgIpc) is 2.65. The number of likely N-dealkylation sites (tertiary alicyclic amines) is 1. The molecule has 0 amide bonds. The van der Waals surface area contributed by atoms with Crippen LogP contribution < -0.4 is 5.32 Å². The summed E-state index contributed by atoms with van der Waals surface area (Å²) in [5.41, 5.74) is 0. The van der Waals surface area contributed by atoms with Crippen molar-refractivity contribution in [3.8, 4) is 0 Å². The molecule has 1 rings (SSSR count). The fraction of sp³-hybridized carbons (Fsp3) is 1.00. The SMILES string of the molecule is CCC1CCN(CCNCCN(C)C)C1. The Morgan fingerprint density at radius 3 is 2.73 bits per heavy atom. The third-order valence-electron chi connectivity index (χ3n) is 3.29. The molecule has 0 aromatic heterocycles. The molecule has 1 heterocycles. The van der Waals surface area contributed by atoms with E-state index in [4.69, 9.17) is 0 Å². The number of nitrogens with one attached hydrogen (secondary N) is 1. The van der Waals surface area contributed by atoms with E-state index in [-0.39, 0.29) is 0 Å². The molecule has 1 atom stereocenters. The zero-order valence-electron chi connectivity index (χ0n) is 10.6. The number of hydrogen-bond donors (Lipinski definition) is 1. The molecule has 0 aliphatic carbocycles. The van der Waals surface area contributed by atoms with Crippen molar-refractivity contribution in [3.05, 3.63) is 0 Å². The normalized spacial score (nSPS) is 22.8. The molecule has 0 aromatic rings. The van der Waals surface area contributed by atoms with E-state index in [1.807, 2.05) is 0 Å².